The molecule has 8 heteroatoms. The van der Waals surface area contributed by atoms with E-state index in [0.717, 1.165) is 11.0 Å². The molecule has 128 valence electrons. The van der Waals surface area contributed by atoms with E-state index in [1.165, 1.54) is 24.6 Å². The van der Waals surface area contributed by atoms with Crippen molar-refractivity contribution in [1.29, 1.82) is 0 Å². The van der Waals surface area contributed by atoms with Gasteiger partial charge in [0.2, 0.25) is 5.91 Å². The molecule has 0 unspecified atom stereocenters. The average molecular weight is 367 g/mol. The van der Waals surface area contributed by atoms with Gasteiger partial charge in [-0.05, 0) is 38.0 Å². The molecule has 0 saturated heterocycles. The highest BCUT2D eigenvalue weighted by atomic mass is 35.5. The smallest absolute Gasteiger partial charge is 0.237 e. The third-order valence-electron chi connectivity index (χ3n) is 3.88. The van der Waals surface area contributed by atoms with E-state index < -0.39 is 0 Å². The number of benzene rings is 1. The van der Waals surface area contributed by atoms with Crippen LogP contribution in [-0.2, 0) is 11.8 Å². The molecule has 0 spiro atoms. The Labute approximate surface area is 149 Å². The molecule has 1 aromatic heterocycles. The second kappa shape index (κ2) is 7.03. The van der Waals surface area contributed by atoms with Crippen molar-refractivity contribution in [2.75, 3.05) is 12.4 Å². The van der Waals surface area contributed by atoms with E-state index in [4.69, 9.17) is 16.3 Å². The van der Waals surface area contributed by atoms with Crippen molar-refractivity contribution in [2.45, 2.75) is 36.1 Å². The van der Waals surface area contributed by atoms with E-state index in [2.05, 4.69) is 15.5 Å². The van der Waals surface area contributed by atoms with E-state index >= 15 is 0 Å². The molecule has 3 rings (SSSR count). The lowest BCUT2D eigenvalue weighted by Crippen LogP contribution is -2.23. The summed E-state index contributed by atoms with van der Waals surface area (Å²) >= 11 is 7.38. The SMILES string of the molecule is COc1ccc(Cl)cc1NC(=O)[C@@H](C)Sc1nnc(C2CC2)n1C. The molecule has 1 aliphatic rings. The first-order valence-electron chi connectivity index (χ1n) is 7.70. The lowest BCUT2D eigenvalue weighted by atomic mass is 10.3. The Bertz CT molecular complexity index is 761. The Morgan fingerprint density at radius 3 is 2.88 bits per heavy atom. The van der Waals surface area contributed by atoms with Gasteiger partial charge in [-0.3, -0.25) is 4.79 Å². The zero-order valence-electron chi connectivity index (χ0n) is 13.7. The van der Waals surface area contributed by atoms with Crippen molar-refractivity contribution in [3.63, 3.8) is 0 Å². The van der Waals surface area contributed by atoms with Crippen molar-refractivity contribution < 1.29 is 9.53 Å². The molecular formula is C16H19ClN4O2S. The maximum Gasteiger partial charge on any atom is 0.237 e. The molecule has 1 aromatic carbocycles. The van der Waals surface area contributed by atoms with Crippen LogP contribution in [0.4, 0.5) is 5.69 Å². The summed E-state index contributed by atoms with van der Waals surface area (Å²) in [5, 5.41) is 12.3. The standard InChI is InChI=1S/C16H19ClN4O2S/c1-9(24-16-20-19-14(21(16)2)10-4-5-10)15(22)18-12-8-11(17)6-7-13(12)23-3/h6-10H,4-5H2,1-3H3,(H,18,22)/t9-/m1/s1. The fourth-order valence-electron chi connectivity index (χ4n) is 2.35. The summed E-state index contributed by atoms with van der Waals surface area (Å²) in [6.45, 7) is 1.84. The van der Waals surface area contributed by atoms with Crippen LogP contribution in [-0.4, -0.2) is 33.0 Å². The van der Waals surface area contributed by atoms with Crippen molar-refractivity contribution in [1.82, 2.24) is 14.8 Å². The van der Waals surface area contributed by atoms with Gasteiger partial charge in [-0.25, -0.2) is 0 Å². The number of methoxy groups -OCH3 is 1. The zero-order chi connectivity index (χ0) is 17.3. The molecule has 0 bridgehead atoms. The van der Waals surface area contributed by atoms with Gasteiger partial charge in [0.05, 0.1) is 18.0 Å². The minimum Gasteiger partial charge on any atom is -0.495 e. The number of carbonyl (C=O) groups is 1. The first-order chi connectivity index (χ1) is 11.5. The van der Waals surface area contributed by atoms with Crippen LogP contribution >= 0.6 is 23.4 Å². The second-order valence-electron chi connectivity index (χ2n) is 5.77. The fourth-order valence-corrected chi connectivity index (χ4v) is 3.34. The van der Waals surface area contributed by atoms with E-state index in [9.17, 15) is 4.79 Å². The molecule has 1 saturated carbocycles. The Balaban J connectivity index is 1.68. The lowest BCUT2D eigenvalue weighted by Gasteiger charge is -2.14. The number of aromatic nitrogens is 3. The van der Waals surface area contributed by atoms with Gasteiger partial charge in [0.15, 0.2) is 5.16 Å². The minimum absolute atomic E-state index is 0.142. The quantitative estimate of drug-likeness (QED) is 0.793. The third kappa shape index (κ3) is 3.67. The van der Waals surface area contributed by atoms with Crippen LogP contribution in [0.1, 0.15) is 31.5 Å². The average Bonchev–Trinajstić information content (AvgIpc) is 3.33. The van der Waals surface area contributed by atoms with Gasteiger partial charge >= 0.3 is 0 Å². The maximum absolute atomic E-state index is 12.5. The van der Waals surface area contributed by atoms with Crippen LogP contribution in [0.2, 0.25) is 5.02 Å². The molecule has 2 aromatic rings. The van der Waals surface area contributed by atoms with Gasteiger partial charge in [0.1, 0.15) is 11.6 Å². The van der Waals surface area contributed by atoms with Gasteiger partial charge in [0.25, 0.3) is 0 Å². The number of hydrogen-bond acceptors (Lipinski definition) is 5. The summed E-state index contributed by atoms with van der Waals surface area (Å²) in [4.78, 5) is 12.5. The van der Waals surface area contributed by atoms with Crippen LogP contribution in [0.25, 0.3) is 0 Å². The first-order valence-corrected chi connectivity index (χ1v) is 8.95. The van der Waals surface area contributed by atoms with Gasteiger partial charge < -0.3 is 14.6 Å². The van der Waals surface area contributed by atoms with Crippen molar-refractivity contribution in [2.24, 2.45) is 7.05 Å². The third-order valence-corrected chi connectivity index (χ3v) is 5.25. The number of ether oxygens (including phenoxy) is 1. The number of amides is 1. The predicted octanol–water partition coefficient (Wildman–Crippen LogP) is 3.47. The number of halogens is 1. The monoisotopic (exact) mass is 366 g/mol. The molecule has 0 aliphatic heterocycles. The maximum atomic E-state index is 12.5. The fraction of sp³-hybridized carbons (Fsp3) is 0.438. The van der Waals surface area contributed by atoms with E-state index in [1.807, 2.05) is 18.5 Å². The minimum atomic E-state index is -0.330. The van der Waals surface area contributed by atoms with Gasteiger partial charge in [-0.15, -0.1) is 10.2 Å². The number of thioether (sulfide) groups is 1. The molecule has 1 fully saturated rings. The van der Waals surface area contributed by atoms with Crippen LogP contribution in [0, 0.1) is 0 Å². The molecule has 1 aliphatic carbocycles. The largest absolute Gasteiger partial charge is 0.495 e. The van der Waals surface area contributed by atoms with E-state index in [-0.39, 0.29) is 11.2 Å². The number of rotatable bonds is 6. The number of anilines is 1. The van der Waals surface area contributed by atoms with Crippen LogP contribution in [0.5, 0.6) is 5.75 Å². The Morgan fingerprint density at radius 1 is 1.46 bits per heavy atom. The molecule has 1 N–H and O–H groups in total. The van der Waals surface area contributed by atoms with E-state index in [1.54, 1.807) is 25.3 Å². The first kappa shape index (κ1) is 17.1. The van der Waals surface area contributed by atoms with Gasteiger partial charge in [0, 0.05) is 18.0 Å². The summed E-state index contributed by atoms with van der Waals surface area (Å²) in [6.07, 6.45) is 2.34. The Hall–Kier alpha value is -1.73. The summed E-state index contributed by atoms with van der Waals surface area (Å²) in [5.41, 5.74) is 0.555. The molecule has 1 amide bonds. The lowest BCUT2D eigenvalue weighted by molar-refractivity contribution is -0.115. The van der Waals surface area contributed by atoms with Crippen molar-refractivity contribution in [3.05, 3.63) is 29.0 Å². The molecular weight excluding hydrogens is 348 g/mol. The summed E-state index contributed by atoms with van der Waals surface area (Å²) in [6, 6.07) is 5.11. The molecule has 1 heterocycles. The van der Waals surface area contributed by atoms with E-state index in [0.29, 0.717) is 22.4 Å². The molecule has 1 atom stereocenters. The van der Waals surface area contributed by atoms with Crippen molar-refractivity contribution >= 4 is 35.0 Å². The summed E-state index contributed by atoms with van der Waals surface area (Å²) in [7, 11) is 3.50. The number of nitrogens with zero attached hydrogens (tertiary/aromatic N) is 3. The topological polar surface area (TPSA) is 69.0 Å². The second-order valence-corrected chi connectivity index (χ2v) is 7.51. The van der Waals surface area contributed by atoms with Crippen LogP contribution in [0.15, 0.2) is 23.4 Å². The van der Waals surface area contributed by atoms with Crippen LogP contribution < -0.4 is 10.1 Å². The molecule has 6 nitrogen and oxygen atoms in total. The Morgan fingerprint density at radius 2 is 2.21 bits per heavy atom. The summed E-state index contributed by atoms with van der Waals surface area (Å²) in [5.74, 6) is 1.95. The Kier molecular flexibility index (Phi) is 5.01. The van der Waals surface area contributed by atoms with Gasteiger partial charge in [-0.1, -0.05) is 23.4 Å². The van der Waals surface area contributed by atoms with Crippen LogP contribution in [0.3, 0.4) is 0 Å². The highest BCUT2D eigenvalue weighted by molar-refractivity contribution is 8.00. The number of nitrogens with one attached hydrogen (secondary N) is 1. The highest BCUT2D eigenvalue weighted by Gasteiger charge is 2.30. The number of hydrogen-bond donors (Lipinski definition) is 1. The van der Waals surface area contributed by atoms with Crippen molar-refractivity contribution in [3.8, 4) is 5.75 Å². The predicted molar refractivity (Wildman–Crippen MR) is 94.9 cm³/mol. The molecule has 24 heavy (non-hydrogen) atoms. The summed E-state index contributed by atoms with van der Waals surface area (Å²) < 4.78 is 7.23. The number of carbonyl (C=O) groups excluding carboxylic acids is 1. The normalized spacial score (nSPS) is 15.2. The van der Waals surface area contributed by atoms with Gasteiger partial charge in [-0.2, -0.15) is 0 Å². The molecule has 0 radical (unpaired) electrons. The highest BCUT2D eigenvalue weighted by Crippen LogP contribution is 2.40. The zero-order valence-corrected chi connectivity index (χ0v) is 15.3.